The number of para-hydroxylation sites is 1. The molecular formula is C20H17N3O3. The Morgan fingerprint density at radius 2 is 1.85 bits per heavy atom. The van der Waals surface area contributed by atoms with E-state index < -0.39 is 5.91 Å². The maximum atomic E-state index is 12.4. The molecule has 0 aliphatic rings. The van der Waals surface area contributed by atoms with Crippen molar-refractivity contribution in [2.24, 2.45) is 0 Å². The molecule has 6 heteroatoms. The predicted octanol–water partition coefficient (Wildman–Crippen LogP) is 3.53. The average Bonchev–Trinajstić information content (AvgIpc) is 2.66. The van der Waals surface area contributed by atoms with Crippen LogP contribution in [0.2, 0.25) is 0 Å². The number of benzene rings is 2. The molecule has 0 saturated carbocycles. The van der Waals surface area contributed by atoms with E-state index >= 15 is 0 Å². The average molecular weight is 347 g/mol. The number of nitrogens with one attached hydrogen (secondary N) is 1. The van der Waals surface area contributed by atoms with Crippen molar-refractivity contribution in [3.8, 4) is 23.6 Å². The third-order valence-corrected chi connectivity index (χ3v) is 3.30. The van der Waals surface area contributed by atoms with Crippen LogP contribution in [0.25, 0.3) is 6.08 Å². The molecule has 26 heavy (non-hydrogen) atoms. The molecule has 1 N–H and O–H groups in total. The zero-order chi connectivity index (χ0) is 18.8. The molecule has 0 spiro atoms. The summed E-state index contributed by atoms with van der Waals surface area (Å²) in [6, 6.07) is 17.5. The van der Waals surface area contributed by atoms with Crippen LogP contribution in [0.4, 0.5) is 5.69 Å². The smallest absolute Gasteiger partial charge is 0.266 e. The second-order valence-electron chi connectivity index (χ2n) is 5.07. The summed E-state index contributed by atoms with van der Waals surface area (Å²) in [6.07, 6.45) is 1.43. The fourth-order valence-electron chi connectivity index (χ4n) is 2.14. The zero-order valence-corrected chi connectivity index (χ0v) is 14.2. The van der Waals surface area contributed by atoms with E-state index in [4.69, 9.17) is 14.7 Å². The van der Waals surface area contributed by atoms with Crippen molar-refractivity contribution in [1.29, 1.82) is 10.5 Å². The van der Waals surface area contributed by atoms with Crippen molar-refractivity contribution >= 4 is 17.7 Å². The lowest BCUT2D eigenvalue weighted by Crippen LogP contribution is -2.13. The van der Waals surface area contributed by atoms with E-state index in [2.05, 4.69) is 5.32 Å². The SMILES string of the molecule is CCOc1ccc(NC(=O)/C(C#N)=C/c2ccccc2OCC#N)cc1. The van der Waals surface area contributed by atoms with Crippen LogP contribution < -0.4 is 14.8 Å². The number of anilines is 1. The maximum absolute atomic E-state index is 12.4. The van der Waals surface area contributed by atoms with Gasteiger partial charge in [-0.05, 0) is 43.3 Å². The molecule has 0 aliphatic heterocycles. The van der Waals surface area contributed by atoms with Crippen LogP contribution in [0.15, 0.2) is 54.1 Å². The van der Waals surface area contributed by atoms with Crippen molar-refractivity contribution in [2.45, 2.75) is 6.92 Å². The molecule has 0 radical (unpaired) electrons. The van der Waals surface area contributed by atoms with Gasteiger partial charge in [-0.3, -0.25) is 4.79 Å². The predicted molar refractivity (Wildman–Crippen MR) is 97.4 cm³/mol. The largest absolute Gasteiger partial charge is 0.494 e. The lowest BCUT2D eigenvalue weighted by atomic mass is 10.1. The third-order valence-electron chi connectivity index (χ3n) is 3.30. The quantitative estimate of drug-likeness (QED) is 0.610. The second-order valence-corrected chi connectivity index (χ2v) is 5.07. The van der Waals surface area contributed by atoms with Gasteiger partial charge in [-0.25, -0.2) is 0 Å². The van der Waals surface area contributed by atoms with Crippen molar-refractivity contribution in [3.63, 3.8) is 0 Å². The lowest BCUT2D eigenvalue weighted by Gasteiger charge is -2.08. The van der Waals surface area contributed by atoms with Crippen LogP contribution in [-0.4, -0.2) is 19.1 Å². The van der Waals surface area contributed by atoms with Crippen LogP contribution in [0.3, 0.4) is 0 Å². The molecular weight excluding hydrogens is 330 g/mol. The van der Waals surface area contributed by atoms with E-state index in [0.29, 0.717) is 29.4 Å². The number of hydrogen-bond acceptors (Lipinski definition) is 5. The molecule has 0 aromatic heterocycles. The van der Waals surface area contributed by atoms with Crippen LogP contribution >= 0.6 is 0 Å². The second kappa shape index (κ2) is 9.51. The Bertz CT molecular complexity index is 874. The molecule has 0 unspecified atom stereocenters. The molecule has 0 saturated heterocycles. The zero-order valence-electron chi connectivity index (χ0n) is 14.2. The topological polar surface area (TPSA) is 95.1 Å². The van der Waals surface area contributed by atoms with Gasteiger partial charge in [0.25, 0.3) is 5.91 Å². The highest BCUT2D eigenvalue weighted by Crippen LogP contribution is 2.22. The van der Waals surface area contributed by atoms with E-state index in [-0.39, 0.29) is 12.2 Å². The highest BCUT2D eigenvalue weighted by Gasteiger charge is 2.11. The minimum absolute atomic E-state index is 0.0770. The number of rotatable bonds is 7. The molecule has 1 amide bonds. The molecule has 0 aliphatic carbocycles. The van der Waals surface area contributed by atoms with Gasteiger partial charge in [0.2, 0.25) is 0 Å². The van der Waals surface area contributed by atoms with Crippen molar-refractivity contribution < 1.29 is 14.3 Å². The first-order valence-electron chi connectivity index (χ1n) is 7.92. The summed E-state index contributed by atoms with van der Waals surface area (Å²) in [7, 11) is 0. The molecule has 0 atom stereocenters. The van der Waals surface area contributed by atoms with Crippen molar-refractivity contribution in [1.82, 2.24) is 0 Å². The van der Waals surface area contributed by atoms with Gasteiger partial charge >= 0.3 is 0 Å². The van der Waals surface area contributed by atoms with Gasteiger partial charge in [-0.2, -0.15) is 10.5 Å². The molecule has 2 rings (SSSR count). The van der Waals surface area contributed by atoms with Crippen LogP contribution in [0.5, 0.6) is 11.5 Å². The molecule has 6 nitrogen and oxygen atoms in total. The summed E-state index contributed by atoms with van der Waals surface area (Å²) in [4.78, 5) is 12.4. The number of carbonyl (C=O) groups excluding carboxylic acids is 1. The number of nitriles is 2. The first-order chi connectivity index (χ1) is 12.7. The standard InChI is InChI=1S/C20H17N3O3/c1-2-25-18-9-7-17(8-10-18)23-20(24)16(14-22)13-15-5-3-4-6-19(15)26-12-11-21/h3-10,13H,2,12H2,1H3,(H,23,24)/b16-13+. The molecule has 2 aromatic carbocycles. The summed E-state index contributed by atoms with van der Waals surface area (Å²) >= 11 is 0. The van der Waals surface area contributed by atoms with E-state index in [1.807, 2.05) is 19.1 Å². The third kappa shape index (κ3) is 5.12. The van der Waals surface area contributed by atoms with Crippen LogP contribution in [-0.2, 0) is 4.79 Å². The molecule has 0 fully saturated rings. The van der Waals surface area contributed by atoms with E-state index in [0.717, 1.165) is 0 Å². The van der Waals surface area contributed by atoms with Crippen molar-refractivity contribution in [3.05, 3.63) is 59.7 Å². The van der Waals surface area contributed by atoms with Crippen LogP contribution in [0, 0.1) is 22.7 Å². The van der Waals surface area contributed by atoms with E-state index in [1.54, 1.807) is 48.5 Å². The number of amides is 1. The van der Waals surface area contributed by atoms with Gasteiger partial charge < -0.3 is 14.8 Å². The minimum atomic E-state index is -0.535. The number of ether oxygens (including phenoxy) is 2. The van der Waals surface area contributed by atoms with Gasteiger partial charge in [0.15, 0.2) is 6.61 Å². The summed E-state index contributed by atoms with van der Waals surface area (Å²) in [6.45, 7) is 2.32. The normalized spacial score (nSPS) is 10.3. The number of nitrogens with zero attached hydrogens (tertiary/aromatic N) is 2. The number of carbonyl (C=O) groups is 1. The summed E-state index contributed by atoms with van der Waals surface area (Å²) in [5.41, 5.74) is 1.02. The van der Waals surface area contributed by atoms with E-state index in [9.17, 15) is 10.1 Å². The first kappa shape index (κ1) is 18.6. The van der Waals surface area contributed by atoms with Gasteiger partial charge in [0.1, 0.15) is 29.2 Å². The Hall–Kier alpha value is -3.77. The van der Waals surface area contributed by atoms with Crippen LogP contribution in [0.1, 0.15) is 12.5 Å². The summed E-state index contributed by atoms with van der Waals surface area (Å²) in [5, 5.41) is 20.6. The minimum Gasteiger partial charge on any atom is -0.494 e. The molecule has 130 valence electrons. The Balaban J connectivity index is 2.17. The van der Waals surface area contributed by atoms with Gasteiger partial charge in [-0.1, -0.05) is 18.2 Å². The molecule has 0 bridgehead atoms. The summed E-state index contributed by atoms with van der Waals surface area (Å²) in [5.74, 6) is 0.590. The monoisotopic (exact) mass is 347 g/mol. The van der Waals surface area contributed by atoms with Gasteiger partial charge in [0.05, 0.1) is 6.61 Å². The van der Waals surface area contributed by atoms with Gasteiger partial charge in [-0.15, -0.1) is 0 Å². The fourth-order valence-corrected chi connectivity index (χ4v) is 2.14. The molecule has 0 heterocycles. The Kier molecular flexibility index (Phi) is 6.79. The van der Waals surface area contributed by atoms with Gasteiger partial charge in [0, 0.05) is 11.3 Å². The number of hydrogen-bond donors (Lipinski definition) is 1. The van der Waals surface area contributed by atoms with E-state index in [1.165, 1.54) is 6.08 Å². The fraction of sp³-hybridized carbons (Fsp3) is 0.150. The highest BCUT2D eigenvalue weighted by molar-refractivity contribution is 6.09. The summed E-state index contributed by atoms with van der Waals surface area (Å²) < 4.78 is 10.7. The van der Waals surface area contributed by atoms with Crippen molar-refractivity contribution in [2.75, 3.05) is 18.5 Å². The Morgan fingerprint density at radius 3 is 2.50 bits per heavy atom. The highest BCUT2D eigenvalue weighted by atomic mass is 16.5. The molecule has 2 aromatic rings. The Morgan fingerprint density at radius 1 is 1.12 bits per heavy atom. The lowest BCUT2D eigenvalue weighted by molar-refractivity contribution is -0.112. The first-order valence-corrected chi connectivity index (χ1v) is 7.92. The maximum Gasteiger partial charge on any atom is 0.266 e. The Labute approximate surface area is 151 Å².